The van der Waals surface area contributed by atoms with Crippen LogP contribution in [0.1, 0.15) is 36.0 Å². The fourth-order valence-electron chi connectivity index (χ4n) is 2.84. The van der Waals surface area contributed by atoms with Crippen LogP contribution in [0.15, 0.2) is 6.07 Å². The molecule has 1 aliphatic carbocycles. The zero-order valence-electron chi connectivity index (χ0n) is 11.8. The summed E-state index contributed by atoms with van der Waals surface area (Å²) in [7, 11) is 1.74. The first kappa shape index (κ1) is 13.2. The molecule has 0 bridgehead atoms. The largest absolute Gasteiger partial charge is 0.494 e. The van der Waals surface area contributed by atoms with Crippen LogP contribution in [0.4, 0.5) is 5.69 Å². The van der Waals surface area contributed by atoms with Crippen molar-refractivity contribution in [3.05, 3.63) is 22.8 Å². The number of benzene rings is 1. The molecule has 1 aliphatic rings. The molecular formula is C15H24N2O. The van der Waals surface area contributed by atoms with Crippen molar-refractivity contribution in [2.45, 2.75) is 52.1 Å². The van der Waals surface area contributed by atoms with Crippen LogP contribution in [-0.4, -0.2) is 19.2 Å². The van der Waals surface area contributed by atoms with Crippen LogP contribution in [0.2, 0.25) is 0 Å². The Morgan fingerprint density at radius 2 is 1.94 bits per heavy atom. The smallest absolute Gasteiger partial charge is 0.145 e. The summed E-state index contributed by atoms with van der Waals surface area (Å²) in [5, 5.41) is 3.60. The molecule has 1 fully saturated rings. The van der Waals surface area contributed by atoms with Gasteiger partial charge in [0.2, 0.25) is 0 Å². The topological polar surface area (TPSA) is 47.3 Å². The molecule has 2 atom stereocenters. The van der Waals surface area contributed by atoms with Gasteiger partial charge in [0.05, 0.1) is 12.8 Å². The van der Waals surface area contributed by atoms with E-state index in [1.165, 1.54) is 23.1 Å². The molecule has 0 aliphatic heterocycles. The van der Waals surface area contributed by atoms with Crippen LogP contribution < -0.4 is 15.8 Å². The molecule has 0 radical (unpaired) electrons. The second-order valence-electron chi connectivity index (χ2n) is 5.39. The summed E-state index contributed by atoms with van der Waals surface area (Å²) in [5.74, 6) is 0.964. The minimum absolute atomic E-state index is 0.260. The SMILES string of the molecule is COc1c(C)c(C)cc(C)c1NC1CCCC1N. The average molecular weight is 248 g/mol. The van der Waals surface area contributed by atoms with Gasteiger partial charge in [-0.3, -0.25) is 0 Å². The Balaban J connectivity index is 2.34. The highest BCUT2D eigenvalue weighted by molar-refractivity contribution is 5.67. The highest BCUT2D eigenvalue weighted by atomic mass is 16.5. The number of rotatable bonds is 3. The number of anilines is 1. The van der Waals surface area contributed by atoms with Crippen LogP contribution in [0, 0.1) is 20.8 Å². The van der Waals surface area contributed by atoms with Gasteiger partial charge < -0.3 is 15.8 Å². The normalized spacial score (nSPS) is 23.2. The summed E-state index contributed by atoms with van der Waals surface area (Å²) in [6.45, 7) is 6.35. The second kappa shape index (κ2) is 5.19. The summed E-state index contributed by atoms with van der Waals surface area (Å²) < 4.78 is 5.58. The molecule has 3 N–H and O–H groups in total. The lowest BCUT2D eigenvalue weighted by Crippen LogP contribution is -2.35. The van der Waals surface area contributed by atoms with E-state index in [0.717, 1.165) is 24.3 Å². The number of hydrogen-bond donors (Lipinski definition) is 2. The van der Waals surface area contributed by atoms with E-state index in [0.29, 0.717) is 6.04 Å². The van der Waals surface area contributed by atoms with Crippen LogP contribution >= 0.6 is 0 Å². The van der Waals surface area contributed by atoms with E-state index >= 15 is 0 Å². The summed E-state index contributed by atoms with van der Waals surface area (Å²) in [6, 6.07) is 2.84. The van der Waals surface area contributed by atoms with Gasteiger partial charge >= 0.3 is 0 Å². The number of nitrogens with one attached hydrogen (secondary N) is 1. The first-order chi connectivity index (χ1) is 8.54. The molecule has 18 heavy (non-hydrogen) atoms. The van der Waals surface area contributed by atoms with Crippen LogP contribution in [-0.2, 0) is 0 Å². The number of hydrogen-bond acceptors (Lipinski definition) is 3. The highest BCUT2D eigenvalue weighted by Gasteiger charge is 2.25. The monoisotopic (exact) mass is 248 g/mol. The Kier molecular flexibility index (Phi) is 3.81. The fourth-order valence-corrected chi connectivity index (χ4v) is 2.84. The van der Waals surface area contributed by atoms with Gasteiger partial charge in [0.1, 0.15) is 5.75 Å². The maximum absolute atomic E-state index is 6.13. The lowest BCUT2D eigenvalue weighted by atomic mass is 10.0. The Labute approximate surface area is 110 Å². The van der Waals surface area contributed by atoms with Gasteiger partial charge in [0.15, 0.2) is 0 Å². The molecule has 2 unspecified atom stereocenters. The molecule has 3 heteroatoms. The summed E-state index contributed by atoms with van der Waals surface area (Å²) in [6.07, 6.45) is 3.48. The van der Waals surface area contributed by atoms with E-state index in [9.17, 15) is 0 Å². The molecule has 3 nitrogen and oxygen atoms in total. The third kappa shape index (κ3) is 2.32. The van der Waals surface area contributed by atoms with Crippen molar-refractivity contribution in [3.63, 3.8) is 0 Å². The van der Waals surface area contributed by atoms with Crippen molar-refractivity contribution in [2.75, 3.05) is 12.4 Å². The van der Waals surface area contributed by atoms with Gasteiger partial charge in [-0.25, -0.2) is 0 Å². The van der Waals surface area contributed by atoms with Crippen molar-refractivity contribution in [2.24, 2.45) is 5.73 Å². The number of nitrogens with two attached hydrogens (primary N) is 1. The standard InChI is InChI=1S/C15H24N2O/c1-9-8-10(2)14(15(18-4)11(9)3)17-13-7-5-6-12(13)16/h8,12-13,17H,5-7,16H2,1-4H3. The molecule has 0 amide bonds. The van der Waals surface area contributed by atoms with Crippen molar-refractivity contribution in [1.82, 2.24) is 0 Å². The zero-order chi connectivity index (χ0) is 13.3. The minimum atomic E-state index is 0.260. The molecule has 1 aromatic rings. The van der Waals surface area contributed by atoms with Crippen molar-refractivity contribution >= 4 is 5.69 Å². The predicted molar refractivity (Wildman–Crippen MR) is 76.4 cm³/mol. The second-order valence-corrected chi connectivity index (χ2v) is 5.39. The van der Waals surface area contributed by atoms with Crippen molar-refractivity contribution in [1.29, 1.82) is 0 Å². The molecule has 0 heterocycles. The van der Waals surface area contributed by atoms with Gasteiger partial charge in [-0.15, -0.1) is 0 Å². The lowest BCUT2D eigenvalue weighted by molar-refractivity contribution is 0.412. The minimum Gasteiger partial charge on any atom is -0.494 e. The van der Waals surface area contributed by atoms with E-state index in [1.807, 2.05) is 0 Å². The molecule has 2 rings (SSSR count). The number of aryl methyl sites for hydroxylation is 2. The summed E-state index contributed by atoms with van der Waals surface area (Å²) >= 11 is 0. The van der Waals surface area contributed by atoms with Crippen LogP contribution in [0.3, 0.4) is 0 Å². The molecular weight excluding hydrogens is 224 g/mol. The van der Waals surface area contributed by atoms with Crippen LogP contribution in [0.25, 0.3) is 0 Å². The summed E-state index contributed by atoms with van der Waals surface area (Å²) in [4.78, 5) is 0. The van der Waals surface area contributed by atoms with E-state index in [1.54, 1.807) is 7.11 Å². The van der Waals surface area contributed by atoms with Gasteiger partial charge in [0, 0.05) is 12.1 Å². The van der Waals surface area contributed by atoms with Gasteiger partial charge in [-0.2, -0.15) is 0 Å². The van der Waals surface area contributed by atoms with Gasteiger partial charge in [-0.05, 0) is 56.7 Å². The molecule has 1 saturated carbocycles. The van der Waals surface area contributed by atoms with E-state index in [2.05, 4.69) is 32.2 Å². The van der Waals surface area contributed by atoms with Crippen molar-refractivity contribution in [3.8, 4) is 5.75 Å². The Bertz CT molecular complexity index is 443. The first-order valence-electron chi connectivity index (χ1n) is 6.71. The molecule has 0 spiro atoms. The van der Waals surface area contributed by atoms with Gasteiger partial charge in [-0.1, -0.05) is 6.07 Å². The zero-order valence-corrected chi connectivity index (χ0v) is 11.8. The first-order valence-corrected chi connectivity index (χ1v) is 6.71. The van der Waals surface area contributed by atoms with Crippen LogP contribution in [0.5, 0.6) is 5.75 Å². The average Bonchev–Trinajstić information content (AvgIpc) is 2.72. The summed E-state index contributed by atoms with van der Waals surface area (Å²) in [5.41, 5.74) is 11.0. The highest BCUT2D eigenvalue weighted by Crippen LogP contribution is 2.36. The number of ether oxygens (including phenoxy) is 1. The molecule has 0 aromatic heterocycles. The molecule has 0 saturated heterocycles. The van der Waals surface area contributed by atoms with Crippen molar-refractivity contribution < 1.29 is 4.74 Å². The lowest BCUT2D eigenvalue weighted by Gasteiger charge is -2.23. The fraction of sp³-hybridized carbons (Fsp3) is 0.600. The Morgan fingerprint density at radius 1 is 1.22 bits per heavy atom. The van der Waals surface area contributed by atoms with E-state index in [-0.39, 0.29) is 6.04 Å². The molecule has 1 aromatic carbocycles. The van der Waals surface area contributed by atoms with E-state index in [4.69, 9.17) is 10.5 Å². The Hall–Kier alpha value is -1.22. The van der Waals surface area contributed by atoms with Gasteiger partial charge in [0.25, 0.3) is 0 Å². The third-order valence-corrected chi connectivity index (χ3v) is 4.09. The third-order valence-electron chi connectivity index (χ3n) is 4.09. The van der Waals surface area contributed by atoms with E-state index < -0.39 is 0 Å². The molecule has 100 valence electrons. The number of methoxy groups -OCH3 is 1. The predicted octanol–water partition coefficient (Wildman–Crippen LogP) is 2.91. The maximum atomic E-state index is 6.13. The Morgan fingerprint density at radius 3 is 2.50 bits per heavy atom. The quantitative estimate of drug-likeness (QED) is 0.864. The maximum Gasteiger partial charge on any atom is 0.145 e.